The van der Waals surface area contributed by atoms with Crippen molar-refractivity contribution in [3.05, 3.63) is 105 Å². The second-order valence-electron chi connectivity index (χ2n) is 9.38. The van der Waals surface area contributed by atoms with Gasteiger partial charge in [0.05, 0.1) is 16.7 Å². The van der Waals surface area contributed by atoms with Gasteiger partial charge in [-0.15, -0.1) is 0 Å². The van der Waals surface area contributed by atoms with Gasteiger partial charge in [0.15, 0.2) is 16.2 Å². The summed E-state index contributed by atoms with van der Waals surface area (Å²) in [4.78, 5) is 54.4. The van der Waals surface area contributed by atoms with Crippen LogP contribution in [0.25, 0.3) is 11.3 Å². The molecule has 0 radical (unpaired) electrons. The fraction of sp³-hybridized carbons (Fsp3) is 0.138. The molecule has 10 nitrogen and oxygen atoms in total. The van der Waals surface area contributed by atoms with Gasteiger partial charge in [-0.3, -0.25) is 24.1 Å². The average Bonchev–Trinajstić information content (AvgIpc) is 3.49. The van der Waals surface area contributed by atoms with Crippen LogP contribution in [0, 0.1) is 11.6 Å². The third kappa shape index (κ3) is 6.26. The first-order valence-corrected chi connectivity index (χ1v) is 13.4. The zero-order valence-electron chi connectivity index (χ0n) is 22.4. The molecule has 0 saturated carbocycles. The van der Waals surface area contributed by atoms with E-state index in [-0.39, 0.29) is 27.1 Å². The molecule has 1 unspecified atom stereocenters. The Balaban J connectivity index is 1.41. The molecule has 4 aromatic rings. The van der Waals surface area contributed by atoms with Crippen LogP contribution >= 0.6 is 15.9 Å². The number of carbonyl (C=O) groups is 4. The van der Waals surface area contributed by atoms with Crippen molar-refractivity contribution < 1.29 is 55.0 Å². The van der Waals surface area contributed by atoms with E-state index in [2.05, 4.69) is 20.9 Å². The summed E-state index contributed by atoms with van der Waals surface area (Å²) in [6.07, 6.45) is -6.21. The lowest BCUT2D eigenvalue weighted by molar-refractivity contribution is -0.146. The van der Waals surface area contributed by atoms with Crippen LogP contribution in [-0.2, 0) is 15.7 Å². The molecule has 0 aliphatic carbocycles. The summed E-state index contributed by atoms with van der Waals surface area (Å²) in [5.74, 6) is -7.88. The zero-order valence-corrected chi connectivity index (χ0v) is 23.9. The van der Waals surface area contributed by atoms with Crippen LogP contribution in [0.2, 0.25) is 0 Å². The Morgan fingerprint density at radius 1 is 0.978 bits per heavy atom. The Bertz CT molecular complexity index is 1810. The van der Waals surface area contributed by atoms with Gasteiger partial charge in [0, 0.05) is 5.56 Å². The van der Waals surface area contributed by atoms with Gasteiger partial charge in [-0.1, -0.05) is 24.3 Å². The van der Waals surface area contributed by atoms with Crippen molar-refractivity contribution in [2.75, 3.05) is 13.2 Å². The van der Waals surface area contributed by atoms with Crippen LogP contribution in [0.3, 0.4) is 0 Å². The minimum atomic E-state index is -4.59. The Hall–Kier alpha value is -5.12. The molecule has 1 aliphatic rings. The maximum atomic E-state index is 15.0. The Morgan fingerprint density at radius 2 is 1.60 bits per heavy atom. The lowest BCUT2D eigenvalue weighted by atomic mass is 10.1. The average molecular weight is 694 g/mol. The summed E-state index contributed by atoms with van der Waals surface area (Å²) >= 11 is 3.10. The molecule has 1 aromatic heterocycles. The summed E-state index contributed by atoms with van der Waals surface area (Å²) in [5.41, 5.74) is 3.36. The van der Waals surface area contributed by atoms with Gasteiger partial charge in [0.2, 0.25) is 12.0 Å². The van der Waals surface area contributed by atoms with Crippen molar-refractivity contribution in [1.82, 2.24) is 9.88 Å². The molecule has 2 heterocycles. The molecule has 0 fully saturated rings. The predicted molar refractivity (Wildman–Crippen MR) is 146 cm³/mol. The van der Waals surface area contributed by atoms with Gasteiger partial charge in [-0.2, -0.15) is 13.2 Å². The number of primary amides is 1. The third-order valence-electron chi connectivity index (χ3n) is 6.50. The molecule has 0 bridgehead atoms. The molecule has 3 aromatic carbocycles. The van der Waals surface area contributed by atoms with E-state index in [1.54, 1.807) is 12.1 Å². The molecule has 1 aliphatic heterocycles. The van der Waals surface area contributed by atoms with Crippen molar-refractivity contribution in [1.29, 1.82) is 0 Å². The first-order chi connectivity index (χ1) is 21.3. The number of hydrogen-bond acceptors (Lipinski definition) is 8. The first-order valence-electron chi connectivity index (χ1n) is 12.7. The third-order valence-corrected chi connectivity index (χ3v) is 7.03. The fourth-order valence-corrected chi connectivity index (χ4v) is 4.82. The molecule has 232 valence electrons. The highest BCUT2D eigenvalue weighted by molar-refractivity contribution is 9.10. The van der Waals surface area contributed by atoms with Gasteiger partial charge in [-0.05, 0) is 52.3 Å². The van der Waals surface area contributed by atoms with E-state index in [1.165, 1.54) is 12.1 Å². The molecule has 0 saturated heterocycles. The number of halogens is 6. The number of benzene rings is 3. The summed E-state index contributed by atoms with van der Waals surface area (Å²) in [5, 5.41) is 0. The Kier molecular flexibility index (Phi) is 8.42. The number of amides is 3. The minimum absolute atomic E-state index is 0.0120. The topological polar surface area (TPSA) is 142 Å². The van der Waals surface area contributed by atoms with E-state index in [4.69, 9.17) is 19.6 Å². The highest BCUT2D eigenvalue weighted by Crippen LogP contribution is 2.36. The summed E-state index contributed by atoms with van der Waals surface area (Å²) in [6, 6.07) is 11.3. The van der Waals surface area contributed by atoms with Crippen LogP contribution in [0.15, 0.2) is 69.8 Å². The van der Waals surface area contributed by atoms with Crippen molar-refractivity contribution in [2.24, 2.45) is 5.73 Å². The van der Waals surface area contributed by atoms with Gasteiger partial charge < -0.3 is 19.6 Å². The summed E-state index contributed by atoms with van der Waals surface area (Å²) in [6.45, 7) is -1.59. The SMILES string of the molecule is NC(=O)c1c(F)ccc(OC(COC(=O)CN2C(=O)c3ccccc3C2=O)c2nc(-c3ccc(C(F)(F)F)cc3)c(Br)o2)c1F. The van der Waals surface area contributed by atoms with E-state index in [0.717, 1.165) is 30.3 Å². The number of alkyl halides is 3. The number of esters is 1. The number of carbonyl (C=O) groups excluding carboxylic acids is 4. The van der Waals surface area contributed by atoms with Crippen molar-refractivity contribution in [3.8, 4) is 17.0 Å². The van der Waals surface area contributed by atoms with Crippen molar-refractivity contribution in [3.63, 3.8) is 0 Å². The molecule has 16 heteroatoms. The zero-order chi connectivity index (χ0) is 32.6. The fourth-order valence-electron chi connectivity index (χ4n) is 4.34. The molecular weight excluding hydrogens is 677 g/mol. The monoisotopic (exact) mass is 693 g/mol. The highest BCUT2D eigenvalue weighted by atomic mass is 79.9. The van der Waals surface area contributed by atoms with Crippen LogP contribution < -0.4 is 10.5 Å². The molecule has 1 atom stereocenters. The van der Waals surface area contributed by atoms with Crippen molar-refractivity contribution in [2.45, 2.75) is 12.3 Å². The lowest BCUT2D eigenvalue weighted by Crippen LogP contribution is -2.36. The maximum Gasteiger partial charge on any atom is 0.416 e. The van der Waals surface area contributed by atoms with E-state index in [0.29, 0.717) is 11.0 Å². The first kappa shape index (κ1) is 31.3. The number of oxazole rings is 1. The lowest BCUT2D eigenvalue weighted by Gasteiger charge is -2.19. The molecule has 5 rings (SSSR count). The molecule has 45 heavy (non-hydrogen) atoms. The van der Waals surface area contributed by atoms with E-state index >= 15 is 4.39 Å². The van der Waals surface area contributed by atoms with Crippen LogP contribution in [-0.4, -0.2) is 46.7 Å². The van der Waals surface area contributed by atoms with E-state index < -0.39 is 83.5 Å². The minimum Gasteiger partial charge on any atom is -0.474 e. The van der Waals surface area contributed by atoms with E-state index in [1.807, 2.05) is 0 Å². The quantitative estimate of drug-likeness (QED) is 0.138. The van der Waals surface area contributed by atoms with Gasteiger partial charge in [-0.25, -0.2) is 13.8 Å². The normalized spacial score (nSPS) is 13.5. The summed E-state index contributed by atoms with van der Waals surface area (Å²) in [7, 11) is 0. The Labute approximate surface area is 257 Å². The number of ether oxygens (including phenoxy) is 2. The number of nitrogens with zero attached hydrogens (tertiary/aromatic N) is 2. The van der Waals surface area contributed by atoms with Crippen LogP contribution in [0.5, 0.6) is 5.75 Å². The Morgan fingerprint density at radius 3 is 2.18 bits per heavy atom. The summed E-state index contributed by atoms with van der Waals surface area (Å²) < 4.78 is 84.3. The van der Waals surface area contributed by atoms with E-state index in [9.17, 15) is 36.7 Å². The standard InChI is InChI=1S/C29H17BrF5N3O7/c30-24-23(13-5-7-14(8-6-13)29(33,34)35)37-26(45-24)19(44-18-10-9-17(31)21(22(18)32)25(36)40)12-43-20(39)11-38-27(41)15-3-1-2-4-16(15)28(38)42/h1-10,19H,11-12H2,(H2,36,40). The molecule has 3 amide bonds. The maximum absolute atomic E-state index is 15.0. The van der Waals surface area contributed by atoms with Gasteiger partial charge in [0.1, 0.15) is 30.2 Å². The molecule has 2 N–H and O–H groups in total. The number of fused-ring (bicyclic) bond motifs is 1. The smallest absolute Gasteiger partial charge is 0.416 e. The number of nitrogens with two attached hydrogens (primary N) is 1. The molecule has 0 spiro atoms. The number of imide groups is 1. The number of rotatable bonds is 9. The van der Waals surface area contributed by atoms with Gasteiger partial charge in [0.25, 0.3) is 17.7 Å². The van der Waals surface area contributed by atoms with Gasteiger partial charge >= 0.3 is 12.1 Å². The van der Waals surface area contributed by atoms with Crippen LogP contribution in [0.1, 0.15) is 48.6 Å². The largest absolute Gasteiger partial charge is 0.474 e. The van der Waals surface area contributed by atoms with Crippen molar-refractivity contribution >= 4 is 39.6 Å². The number of aromatic nitrogens is 1. The number of hydrogen-bond donors (Lipinski definition) is 1. The van der Waals surface area contributed by atoms with Crippen LogP contribution in [0.4, 0.5) is 22.0 Å². The molecular formula is C29H17BrF5N3O7. The second kappa shape index (κ2) is 12.1. The highest BCUT2D eigenvalue weighted by Gasteiger charge is 2.37. The predicted octanol–water partition coefficient (Wildman–Crippen LogP) is 5.46. The second-order valence-corrected chi connectivity index (χ2v) is 10.1.